The maximum absolute atomic E-state index is 11.4. The second kappa shape index (κ2) is 4.62. The summed E-state index contributed by atoms with van der Waals surface area (Å²) in [7, 11) is -3.05. The van der Waals surface area contributed by atoms with Gasteiger partial charge in [0.2, 0.25) is 10.0 Å². The van der Waals surface area contributed by atoms with Gasteiger partial charge in [-0.3, -0.25) is 4.98 Å². The summed E-state index contributed by atoms with van der Waals surface area (Å²) in [6.45, 7) is 4.49. The van der Waals surface area contributed by atoms with Crippen molar-refractivity contribution in [1.82, 2.24) is 9.29 Å². The van der Waals surface area contributed by atoms with E-state index in [1.54, 1.807) is 0 Å². The molecular formula is C11H17N3O2S. The Morgan fingerprint density at radius 2 is 1.82 bits per heavy atom. The summed E-state index contributed by atoms with van der Waals surface area (Å²) in [6, 6.07) is 4.00. The Hall–Kier alpha value is -1.14. The average molecular weight is 255 g/mol. The molecule has 0 amide bonds. The molecule has 1 saturated heterocycles. The molecule has 2 heterocycles. The number of aryl methyl sites for hydroxylation is 1. The van der Waals surface area contributed by atoms with Crippen LogP contribution in [0.15, 0.2) is 18.3 Å². The molecule has 6 heteroatoms. The van der Waals surface area contributed by atoms with E-state index in [2.05, 4.69) is 9.88 Å². The minimum Gasteiger partial charge on any atom is -0.368 e. The van der Waals surface area contributed by atoms with E-state index in [4.69, 9.17) is 0 Å². The van der Waals surface area contributed by atoms with E-state index in [-0.39, 0.29) is 0 Å². The summed E-state index contributed by atoms with van der Waals surface area (Å²) in [6.07, 6.45) is 3.10. The van der Waals surface area contributed by atoms with Gasteiger partial charge in [-0.05, 0) is 19.1 Å². The predicted octanol–water partition coefficient (Wildman–Crippen LogP) is 0.472. The first-order valence-corrected chi connectivity index (χ1v) is 7.44. The van der Waals surface area contributed by atoms with E-state index in [1.807, 2.05) is 25.3 Å². The van der Waals surface area contributed by atoms with Crippen LogP contribution in [0, 0.1) is 6.92 Å². The quantitative estimate of drug-likeness (QED) is 0.771. The highest BCUT2D eigenvalue weighted by atomic mass is 32.2. The van der Waals surface area contributed by atoms with E-state index < -0.39 is 10.0 Å². The van der Waals surface area contributed by atoms with Crippen molar-refractivity contribution in [3.05, 3.63) is 24.0 Å². The van der Waals surface area contributed by atoms with Crippen molar-refractivity contribution in [3.63, 3.8) is 0 Å². The van der Waals surface area contributed by atoms with E-state index in [9.17, 15) is 8.42 Å². The molecule has 0 atom stereocenters. The van der Waals surface area contributed by atoms with Crippen LogP contribution in [0.3, 0.4) is 0 Å². The molecule has 0 radical (unpaired) electrons. The number of aromatic nitrogens is 1. The van der Waals surface area contributed by atoms with E-state index in [1.165, 1.54) is 10.6 Å². The fourth-order valence-electron chi connectivity index (χ4n) is 1.93. The third-order valence-corrected chi connectivity index (χ3v) is 4.27. The lowest BCUT2D eigenvalue weighted by atomic mass is 10.3. The van der Waals surface area contributed by atoms with Gasteiger partial charge in [-0.15, -0.1) is 0 Å². The highest BCUT2D eigenvalue weighted by Crippen LogP contribution is 2.16. The van der Waals surface area contributed by atoms with Crippen molar-refractivity contribution in [3.8, 4) is 0 Å². The zero-order chi connectivity index (χ0) is 12.5. The molecule has 94 valence electrons. The standard InChI is InChI=1S/C11H17N3O2S/c1-10-3-4-11(9-12-10)13-5-7-14(8-6-13)17(2,15)16/h3-4,9H,5-8H2,1-2H3. The molecule has 1 aliphatic rings. The Morgan fingerprint density at radius 3 is 2.29 bits per heavy atom. The van der Waals surface area contributed by atoms with Crippen LogP contribution in [0.4, 0.5) is 5.69 Å². The van der Waals surface area contributed by atoms with Crippen LogP contribution in [0.5, 0.6) is 0 Å². The molecule has 5 nitrogen and oxygen atoms in total. The van der Waals surface area contributed by atoms with Crippen molar-refractivity contribution in [2.45, 2.75) is 6.92 Å². The molecule has 0 unspecified atom stereocenters. The molecule has 1 aromatic heterocycles. The van der Waals surface area contributed by atoms with Crippen LogP contribution < -0.4 is 4.90 Å². The number of sulfonamides is 1. The molecule has 0 spiro atoms. The molecule has 0 N–H and O–H groups in total. The van der Waals surface area contributed by atoms with Crippen LogP contribution in [-0.2, 0) is 10.0 Å². The first kappa shape index (κ1) is 12.3. The van der Waals surface area contributed by atoms with Crippen molar-refractivity contribution < 1.29 is 8.42 Å². The summed E-state index contributed by atoms with van der Waals surface area (Å²) < 4.78 is 24.3. The second-order valence-corrected chi connectivity index (χ2v) is 6.29. The van der Waals surface area contributed by atoms with Crippen LogP contribution in [0.25, 0.3) is 0 Å². The highest BCUT2D eigenvalue weighted by molar-refractivity contribution is 7.88. The number of hydrogen-bond acceptors (Lipinski definition) is 4. The van der Waals surface area contributed by atoms with Crippen molar-refractivity contribution >= 4 is 15.7 Å². The fourth-order valence-corrected chi connectivity index (χ4v) is 2.75. The van der Waals surface area contributed by atoms with Crippen molar-refractivity contribution in [1.29, 1.82) is 0 Å². The van der Waals surface area contributed by atoms with E-state index in [0.717, 1.165) is 24.5 Å². The van der Waals surface area contributed by atoms with Gasteiger partial charge in [0.25, 0.3) is 0 Å². The Labute approximate surface area is 102 Å². The van der Waals surface area contributed by atoms with Crippen LogP contribution in [0.1, 0.15) is 5.69 Å². The monoisotopic (exact) mass is 255 g/mol. The molecule has 17 heavy (non-hydrogen) atoms. The molecule has 0 saturated carbocycles. The van der Waals surface area contributed by atoms with Gasteiger partial charge in [-0.1, -0.05) is 0 Å². The molecule has 0 bridgehead atoms. The van der Waals surface area contributed by atoms with E-state index in [0.29, 0.717) is 13.1 Å². The highest BCUT2D eigenvalue weighted by Gasteiger charge is 2.23. The van der Waals surface area contributed by atoms with Crippen molar-refractivity contribution in [2.75, 3.05) is 37.3 Å². The first-order valence-electron chi connectivity index (χ1n) is 5.59. The van der Waals surface area contributed by atoms with Crippen LogP contribution in [0.2, 0.25) is 0 Å². The van der Waals surface area contributed by atoms with Crippen LogP contribution >= 0.6 is 0 Å². The first-order chi connectivity index (χ1) is 7.97. The van der Waals surface area contributed by atoms with Gasteiger partial charge in [0.05, 0.1) is 18.1 Å². The van der Waals surface area contributed by atoms with E-state index >= 15 is 0 Å². The maximum Gasteiger partial charge on any atom is 0.211 e. The summed E-state index contributed by atoms with van der Waals surface area (Å²) in [4.78, 5) is 6.41. The van der Waals surface area contributed by atoms with Gasteiger partial charge in [0, 0.05) is 31.9 Å². The summed E-state index contributed by atoms with van der Waals surface area (Å²) in [5.74, 6) is 0. The third-order valence-electron chi connectivity index (χ3n) is 2.97. The normalized spacial score (nSPS) is 18.4. The van der Waals surface area contributed by atoms with Gasteiger partial charge in [0.1, 0.15) is 0 Å². The minimum atomic E-state index is -3.05. The Kier molecular flexibility index (Phi) is 3.35. The largest absolute Gasteiger partial charge is 0.368 e. The van der Waals surface area contributed by atoms with Gasteiger partial charge in [-0.2, -0.15) is 4.31 Å². The molecule has 0 aliphatic carbocycles. The molecular weight excluding hydrogens is 238 g/mol. The smallest absolute Gasteiger partial charge is 0.211 e. The Bertz CT molecular complexity index is 476. The zero-order valence-corrected chi connectivity index (χ0v) is 10.9. The Balaban J connectivity index is 2.02. The predicted molar refractivity (Wildman–Crippen MR) is 67.6 cm³/mol. The second-order valence-electron chi connectivity index (χ2n) is 4.31. The number of rotatable bonds is 2. The number of piperazine rings is 1. The molecule has 1 aromatic rings. The summed E-state index contributed by atoms with van der Waals surface area (Å²) in [5, 5.41) is 0. The Morgan fingerprint density at radius 1 is 1.18 bits per heavy atom. The van der Waals surface area contributed by atoms with Gasteiger partial charge < -0.3 is 4.90 Å². The molecule has 1 aliphatic heterocycles. The number of pyridine rings is 1. The fraction of sp³-hybridized carbons (Fsp3) is 0.545. The lowest BCUT2D eigenvalue weighted by Gasteiger charge is -2.34. The molecule has 1 fully saturated rings. The zero-order valence-electron chi connectivity index (χ0n) is 10.1. The summed E-state index contributed by atoms with van der Waals surface area (Å²) in [5.41, 5.74) is 2.05. The minimum absolute atomic E-state index is 0.548. The topological polar surface area (TPSA) is 53.5 Å². The average Bonchev–Trinajstić information content (AvgIpc) is 2.29. The lowest BCUT2D eigenvalue weighted by molar-refractivity contribution is 0.388. The van der Waals surface area contributed by atoms with Gasteiger partial charge in [0.15, 0.2) is 0 Å². The van der Waals surface area contributed by atoms with Gasteiger partial charge in [-0.25, -0.2) is 8.42 Å². The number of nitrogens with zero attached hydrogens (tertiary/aromatic N) is 3. The number of hydrogen-bond donors (Lipinski definition) is 0. The third kappa shape index (κ3) is 2.95. The number of anilines is 1. The van der Waals surface area contributed by atoms with Crippen molar-refractivity contribution in [2.24, 2.45) is 0 Å². The van der Waals surface area contributed by atoms with Gasteiger partial charge >= 0.3 is 0 Å². The maximum atomic E-state index is 11.4. The SMILES string of the molecule is Cc1ccc(N2CCN(S(C)(=O)=O)CC2)cn1. The summed E-state index contributed by atoms with van der Waals surface area (Å²) >= 11 is 0. The molecule has 2 rings (SSSR count). The molecule has 0 aromatic carbocycles. The lowest BCUT2D eigenvalue weighted by Crippen LogP contribution is -2.48. The van der Waals surface area contributed by atoms with Crippen LogP contribution in [-0.4, -0.2) is 50.1 Å².